The van der Waals surface area contributed by atoms with Crippen molar-refractivity contribution in [2.24, 2.45) is 5.92 Å². The van der Waals surface area contributed by atoms with E-state index in [4.69, 9.17) is 0 Å². The highest BCUT2D eigenvalue weighted by Crippen LogP contribution is 2.31. The van der Waals surface area contributed by atoms with Gasteiger partial charge in [-0.1, -0.05) is 26.0 Å². The summed E-state index contributed by atoms with van der Waals surface area (Å²) in [4.78, 5) is 1.03. The van der Waals surface area contributed by atoms with E-state index in [0.717, 1.165) is 29.8 Å². The van der Waals surface area contributed by atoms with Crippen molar-refractivity contribution in [3.05, 3.63) is 29.3 Å². The molecule has 112 valence electrons. The molecule has 1 fully saturated rings. The Hall–Kier alpha value is -0.670. The second kappa shape index (κ2) is 6.86. The summed E-state index contributed by atoms with van der Waals surface area (Å²) in [5.41, 5.74) is 2.35. The van der Waals surface area contributed by atoms with Crippen LogP contribution in [0.5, 0.6) is 0 Å². The minimum atomic E-state index is -0.906. The molecular formula is C17H27NOS. The summed E-state index contributed by atoms with van der Waals surface area (Å²) >= 11 is 0. The van der Waals surface area contributed by atoms with E-state index in [1.807, 2.05) is 0 Å². The Kier molecular flexibility index (Phi) is 5.39. The van der Waals surface area contributed by atoms with E-state index in [9.17, 15) is 4.21 Å². The van der Waals surface area contributed by atoms with Crippen molar-refractivity contribution in [2.45, 2.75) is 63.1 Å². The first-order valence-corrected chi connectivity index (χ1v) is 8.95. The Morgan fingerprint density at radius 1 is 1.30 bits per heavy atom. The summed E-state index contributed by atoms with van der Waals surface area (Å²) in [6.07, 6.45) is 3.46. The molecule has 0 spiro atoms. The van der Waals surface area contributed by atoms with Crippen molar-refractivity contribution in [3.63, 3.8) is 0 Å². The fourth-order valence-corrected chi connectivity index (χ4v) is 5.20. The summed E-state index contributed by atoms with van der Waals surface area (Å²) < 4.78 is 13.1. The first-order chi connectivity index (χ1) is 9.52. The van der Waals surface area contributed by atoms with Gasteiger partial charge < -0.3 is 5.32 Å². The first-order valence-electron chi connectivity index (χ1n) is 7.74. The Balaban J connectivity index is 2.26. The number of nitrogens with one attached hydrogen (secondary N) is 1. The minimum Gasteiger partial charge on any atom is -0.313 e. The Morgan fingerprint density at radius 3 is 2.75 bits per heavy atom. The molecule has 0 radical (unpaired) electrons. The van der Waals surface area contributed by atoms with E-state index >= 15 is 0 Å². The van der Waals surface area contributed by atoms with Crippen molar-refractivity contribution < 1.29 is 4.21 Å². The molecular weight excluding hydrogens is 266 g/mol. The zero-order valence-corrected chi connectivity index (χ0v) is 13.9. The van der Waals surface area contributed by atoms with Gasteiger partial charge in [0.05, 0.1) is 16.0 Å². The standard InChI is InChI=1S/C17H27NOS/c1-5-18-15-9-7-13(3)11-17(15)20(19)16-10-12(2)6-8-14(16)4/h6,8,10,13,15,17-18H,5,7,9,11H2,1-4H3. The average Bonchev–Trinajstić information content (AvgIpc) is 2.43. The third-order valence-electron chi connectivity index (χ3n) is 4.36. The highest BCUT2D eigenvalue weighted by atomic mass is 32.2. The Labute approximate surface area is 125 Å². The molecule has 2 nitrogen and oxygen atoms in total. The van der Waals surface area contributed by atoms with Crippen LogP contribution < -0.4 is 5.32 Å². The summed E-state index contributed by atoms with van der Waals surface area (Å²) in [6, 6.07) is 6.70. The van der Waals surface area contributed by atoms with Gasteiger partial charge in [-0.25, -0.2) is 0 Å². The second-order valence-electron chi connectivity index (χ2n) is 6.19. The van der Waals surface area contributed by atoms with Crippen molar-refractivity contribution >= 4 is 10.8 Å². The molecule has 1 N–H and O–H groups in total. The second-order valence-corrected chi connectivity index (χ2v) is 7.83. The average molecular weight is 293 g/mol. The van der Waals surface area contributed by atoms with Crippen LogP contribution in [0.1, 0.15) is 44.2 Å². The number of benzene rings is 1. The van der Waals surface area contributed by atoms with Crippen molar-refractivity contribution in [1.82, 2.24) is 5.32 Å². The lowest BCUT2D eigenvalue weighted by molar-refractivity contribution is 0.316. The molecule has 0 bridgehead atoms. The van der Waals surface area contributed by atoms with Gasteiger partial charge in [-0.15, -0.1) is 0 Å². The summed E-state index contributed by atoms with van der Waals surface area (Å²) in [5, 5.41) is 3.80. The first kappa shape index (κ1) is 15.7. The van der Waals surface area contributed by atoms with Gasteiger partial charge in [-0.05, 0) is 62.8 Å². The van der Waals surface area contributed by atoms with Crippen LogP contribution in [0.2, 0.25) is 0 Å². The number of aryl methyl sites for hydroxylation is 2. The maximum atomic E-state index is 13.1. The molecule has 1 aliphatic rings. The van der Waals surface area contributed by atoms with Crippen LogP contribution in [0.4, 0.5) is 0 Å². The van der Waals surface area contributed by atoms with Crippen LogP contribution in [0.3, 0.4) is 0 Å². The molecule has 1 aromatic carbocycles. The summed E-state index contributed by atoms with van der Waals surface area (Å²) in [5.74, 6) is 0.684. The third-order valence-corrected chi connectivity index (χ3v) is 6.30. The molecule has 1 saturated carbocycles. The Morgan fingerprint density at radius 2 is 2.05 bits per heavy atom. The van der Waals surface area contributed by atoms with Gasteiger partial charge in [-0.2, -0.15) is 0 Å². The number of rotatable bonds is 4. The van der Waals surface area contributed by atoms with Crippen LogP contribution in [0.15, 0.2) is 23.1 Å². The van der Waals surface area contributed by atoms with Crippen LogP contribution in [0.25, 0.3) is 0 Å². The lowest BCUT2D eigenvalue weighted by atomic mass is 9.87. The predicted octanol–water partition coefficient (Wildman–Crippen LogP) is 3.58. The van der Waals surface area contributed by atoms with E-state index in [0.29, 0.717) is 12.0 Å². The van der Waals surface area contributed by atoms with E-state index in [-0.39, 0.29) is 5.25 Å². The lowest BCUT2D eigenvalue weighted by Gasteiger charge is -2.35. The smallest absolute Gasteiger partial charge is 0.0579 e. The molecule has 20 heavy (non-hydrogen) atoms. The Bertz CT molecular complexity index is 486. The minimum absolute atomic E-state index is 0.249. The van der Waals surface area contributed by atoms with Crippen molar-refractivity contribution in [1.29, 1.82) is 0 Å². The number of hydrogen-bond donors (Lipinski definition) is 1. The fourth-order valence-electron chi connectivity index (χ4n) is 3.15. The molecule has 1 aliphatic carbocycles. The maximum absolute atomic E-state index is 13.1. The molecule has 0 heterocycles. The van der Waals surface area contributed by atoms with E-state index < -0.39 is 10.8 Å². The molecule has 2 rings (SSSR count). The molecule has 0 amide bonds. The third kappa shape index (κ3) is 3.50. The largest absolute Gasteiger partial charge is 0.313 e. The van der Waals surface area contributed by atoms with Gasteiger partial charge in [0.25, 0.3) is 0 Å². The zero-order valence-electron chi connectivity index (χ0n) is 13.1. The molecule has 0 aromatic heterocycles. The van der Waals surface area contributed by atoms with E-state index in [1.165, 1.54) is 12.0 Å². The molecule has 1 aromatic rings. The number of hydrogen-bond acceptors (Lipinski definition) is 2. The van der Waals surface area contributed by atoms with Crippen LogP contribution in [-0.4, -0.2) is 22.0 Å². The molecule has 4 unspecified atom stereocenters. The van der Waals surface area contributed by atoms with Gasteiger partial charge in [0.2, 0.25) is 0 Å². The topological polar surface area (TPSA) is 29.1 Å². The van der Waals surface area contributed by atoms with E-state index in [2.05, 4.69) is 51.2 Å². The summed E-state index contributed by atoms with van der Waals surface area (Å²) in [7, 11) is -0.906. The molecule has 3 heteroatoms. The normalized spacial score (nSPS) is 28.3. The van der Waals surface area contributed by atoms with Crippen LogP contribution in [0, 0.1) is 19.8 Å². The molecule has 0 saturated heterocycles. The molecule has 4 atom stereocenters. The fraction of sp³-hybridized carbons (Fsp3) is 0.647. The van der Waals surface area contributed by atoms with Gasteiger partial charge >= 0.3 is 0 Å². The van der Waals surface area contributed by atoms with Crippen molar-refractivity contribution in [2.75, 3.05) is 6.54 Å². The quantitative estimate of drug-likeness (QED) is 0.919. The van der Waals surface area contributed by atoms with Gasteiger partial charge in [-0.3, -0.25) is 4.21 Å². The monoisotopic (exact) mass is 293 g/mol. The SMILES string of the molecule is CCNC1CCC(C)CC1S(=O)c1cc(C)ccc1C. The van der Waals surface area contributed by atoms with Crippen LogP contribution in [-0.2, 0) is 10.8 Å². The molecule has 0 aliphatic heterocycles. The van der Waals surface area contributed by atoms with Crippen molar-refractivity contribution in [3.8, 4) is 0 Å². The summed E-state index contributed by atoms with van der Waals surface area (Å²) in [6.45, 7) is 9.53. The highest BCUT2D eigenvalue weighted by Gasteiger charge is 2.33. The van der Waals surface area contributed by atoms with Gasteiger partial charge in [0.15, 0.2) is 0 Å². The van der Waals surface area contributed by atoms with Gasteiger partial charge in [0.1, 0.15) is 0 Å². The lowest BCUT2D eigenvalue weighted by Crippen LogP contribution is -2.46. The zero-order chi connectivity index (χ0) is 14.7. The highest BCUT2D eigenvalue weighted by molar-refractivity contribution is 7.85. The maximum Gasteiger partial charge on any atom is 0.0579 e. The van der Waals surface area contributed by atoms with Gasteiger partial charge in [0, 0.05) is 10.9 Å². The van der Waals surface area contributed by atoms with E-state index in [1.54, 1.807) is 0 Å². The predicted molar refractivity (Wildman–Crippen MR) is 86.6 cm³/mol. The van der Waals surface area contributed by atoms with Crippen LogP contribution >= 0.6 is 0 Å².